The normalized spacial score (nSPS) is 16.8. The van der Waals surface area contributed by atoms with E-state index < -0.39 is 0 Å². The third kappa shape index (κ3) is 4.47. The van der Waals surface area contributed by atoms with Crippen LogP contribution in [0, 0.1) is 6.92 Å². The van der Waals surface area contributed by atoms with Crippen molar-refractivity contribution in [3.05, 3.63) is 29.7 Å². The molecule has 2 aromatic rings. The summed E-state index contributed by atoms with van der Waals surface area (Å²) in [6.45, 7) is 13.2. The van der Waals surface area contributed by atoms with E-state index in [4.69, 9.17) is 4.42 Å². The number of nitrogens with zero attached hydrogens (tertiary/aromatic N) is 3. The lowest BCUT2D eigenvalue weighted by molar-refractivity contribution is 0.136. The van der Waals surface area contributed by atoms with Crippen LogP contribution in [0.3, 0.4) is 0 Å². The van der Waals surface area contributed by atoms with E-state index in [1.165, 1.54) is 45.7 Å². The van der Waals surface area contributed by atoms with Crippen LogP contribution in [0.5, 0.6) is 0 Å². The first-order valence-corrected chi connectivity index (χ1v) is 9.00. The Morgan fingerprint density at radius 2 is 2.00 bits per heavy atom. The number of aromatic amines is 1. The Labute approximate surface area is 144 Å². The molecule has 132 valence electrons. The lowest BCUT2D eigenvalue weighted by Crippen LogP contribution is -2.46. The molecular formula is C18H29N5O. The number of likely N-dealkylation sites (N-methyl/N-ethyl adjacent to an activating group) is 1. The van der Waals surface area contributed by atoms with Crippen molar-refractivity contribution in [2.45, 2.75) is 26.8 Å². The summed E-state index contributed by atoms with van der Waals surface area (Å²) in [5.41, 5.74) is 2.13. The largest absolute Gasteiger partial charge is 0.460 e. The number of rotatable bonds is 8. The van der Waals surface area contributed by atoms with Gasteiger partial charge in [0, 0.05) is 38.3 Å². The number of hydrogen-bond donors (Lipinski definition) is 2. The fourth-order valence-electron chi connectivity index (χ4n) is 3.21. The van der Waals surface area contributed by atoms with Crippen LogP contribution in [0.15, 0.2) is 22.7 Å². The van der Waals surface area contributed by atoms with Crippen LogP contribution in [0.2, 0.25) is 0 Å². The highest BCUT2D eigenvalue weighted by atomic mass is 16.3. The van der Waals surface area contributed by atoms with E-state index in [0.717, 1.165) is 35.9 Å². The zero-order valence-electron chi connectivity index (χ0n) is 14.8. The van der Waals surface area contributed by atoms with Crippen LogP contribution < -0.4 is 5.32 Å². The smallest absolute Gasteiger partial charge is 0.152 e. The minimum absolute atomic E-state index is 0.815. The van der Waals surface area contributed by atoms with Gasteiger partial charge < -0.3 is 19.5 Å². The van der Waals surface area contributed by atoms with Gasteiger partial charge >= 0.3 is 0 Å². The Morgan fingerprint density at radius 3 is 2.71 bits per heavy atom. The van der Waals surface area contributed by atoms with Crippen molar-refractivity contribution < 1.29 is 4.42 Å². The van der Waals surface area contributed by atoms with Crippen LogP contribution in [0.4, 0.5) is 0 Å². The molecule has 0 saturated carbocycles. The second-order valence-corrected chi connectivity index (χ2v) is 6.49. The molecule has 1 fully saturated rings. The fraction of sp³-hybridized carbons (Fsp3) is 0.611. The predicted molar refractivity (Wildman–Crippen MR) is 95.9 cm³/mol. The summed E-state index contributed by atoms with van der Waals surface area (Å²) in [5, 5.41) is 10.7. The predicted octanol–water partition coefficient (Wildman–Crippen LogP) is 2.10. The molecule has 1 saturated heterocycles. The molecule has 6 heteroatoms. The van der Waals surface area contributed by atoms with Gasteiger partial charge in [0.1, 0.15) is 11.5 Å². The maximum absolute atomic E-state index is 5.68. The fourth-order valence-corrected chi connectivity index (χ4v) is 3.21. The first kappa shape index (κ1) is 17.2. The van der Waals surface area contributed by atoms with E-state index in [1.807, 2.05) is 25.3 Å². The number of piperazine rings is 1. The molecule has 3 heterocycles. The van der Waals surface area contributed by atoms with E-state index in [2.05, 4.69) is 32.2 Å². The van der Waals surface area contributed by atoms with Gasteiger partial charge in [-0.25, -0.2) is 0 Å². The van der Waals surface area contributed by atoms with E-state index in [0.29, 0.717) is 0 Å². The molecule has 1 aliphatic rings. The Hall–Kier alpha value is -1.63. The second-order valence-electron chi connectivity index (χ2n) is 6.49. The van der Waals surface area contributed by atoms with Crippen molar-refractivity contribution in [2.75, 3.05) is 45.8 Å². The molecule has 0 amide bonds. The Bertz CT molecular complexity index is 612. The molecule has 1 aliphatic heterocycles. The minimum atomic E-state index is 0.815. The second kappa shape index (κ2) is 8.46. The SMILES string of the molecule is CCN1CCN(CCCNCc2cn[nH]c2-c2ccc(C)o2)CC1. The summed E-state index contributed by atoms with van der Waals surface area (Å²) in [4.78, 5) is 5.09. The zero-order chi connectivity index (χ0) is 16.8. The number of nitrogens with one attached hydrogen (secondary N) is 2. The first-order valence-electron chi connectivity index (χ1n) is 9.00. The van der Waals surface area contributed by atoms with Gasteiger partial charge in [0.05, 0.1) is 6.20 Å². The lowest BCUT2D eigenvalue weighted by atomic mass is 10.2. The summed E-state index contributed by atoms with van der Waals surface area (Å²) >= 11 is 0. The van der Waals surface area contributed by atoms with Crippen LogP contribution in [-0.4, -0.2) is 65.8 Å². The molecule has 0 radical (unpaired) electrons. The van der Waals surface area contributed by atoms with Gasteiger partial charge in [-0.3, -0.25) is 5.10 Å². The van der Waals surface area contributed by atoms with Crippen molar-refractivity contribution in [2.24, 2.45) is 0 Å². The summed E-state index contributed by atoms with van der Waals surface area (Å²) in [6.07, 6.45) is 3.06. The topological polar surface area (TPSA) is 60.3 Å². The number of furan rings is 1. The Balaban J connectivity index is 1.36. The van der Waals surface area contributed by atoms with E-state index in [9.17, 15) is 0 Å². The van der Waals surface area contributed by atoms with E-state index >= 15 is 0 Å². The molecule has 6 nitrogen and oxygen atoms in total. The third-order valence-electron chi connectivity index (χ3n) is 4.76. The number of aromatic nitrogens is 2. The van der Waals surface area contributed by atoms with Gasteiger partial charge in [-0.15, -0.1) is 0 Å². The molecule has 0 aromatic carbocycles. The third-order valence-corrected chi connectivity index (χ3v) is 4.76. The van der Waals surface area contributed by atoms with Crippen molar-refractivity contribution in [3.8, 4) is 11.5 Å². The molecular weight excluding hydrogens is 302 g/mol. The minimum Gasteiger partial charge on any atom is -0.460 e. The van der Waals surface area contributed by atoms with Crippen molar-refractivity contribution in [3.63, 3.8) is 0 Å². The maximum atomic E-state index is 5.68. The van der Waals surface area contributed by atoms with Gasteiger partial charge in [-0.2, -0.15) is 5.10 Å². The molecule has 0 atom stereocenters. The van der Waals surface area contributed by atoms with Gasteiger partial charge in [0.15, 0.2) is 5.76 Å². The molecule has 2 N–H and O–H groups in total. The Morgan fingerprint density at radius 1 is 1.21 bits per heavy atom. The maximum Gasteiger partial charge on any atom is 0.152 e. The summed E-state index contributed by atoms with van der Waals surface area (Å²) in [7, 11) is 0. The highest BCUT2D eigenvalue weighted by Gasteiger charge is 2.14. The van der Waals surface area contributed by atoms with Gasteiger partial charge in [0.2, 0.25) is 0 Å². The van der Waals surface area contributed by atoms with Crippen LogP contribution in [0.1, 0.15) is 24.7 Å². The first-order chi connectivity index (χ1) is 11.8. The highest BCUT2D eigenvalue weighted by Crippen LogP contribution is 2.23. The molecule has 0 bridgehead atoms. The van der Waals surface area contributed by atoms with Gasteiger partial charge in [0.25, 0.3) is 0 Å². The lowest BCUT2D eigenvalue weighted by Gasteiger charge is -2.33. The van der Waals surface area contributed by atoms with Crippen LogP contribution >= 0.6 is 0 Å². The van der Waals surface area contributed by atoms with Crippen molar-refractivity contribution in [1.29, 1.82) is 0 Å². The molecule has 2 aromatic heterocycles. The standard InChI is InChI=1S/C18H29N5O/c1-3-22-9-11-23(12-10-22)8-4-7-19-13-16-14-20-21-18(16)17-6-5-15(2)24-17/h5-6,14,19H,3-4,7-13H2,1-2H3,(H,20,21). The highest BCUT2D eigenvalue weighted by molar-refractivity contribution is 5.56. The average Bonchev–Trinajstić information content (AvgIpc) is 3.23. The summed E-state index contributed by atoms with van der Waals surface area (Å²) in [5.74, 6) is 1.78. The Kier molecular flexibility index (Phi) is 6.07. The molecule has 0 aliphatic carbocycles. The molecule has 3 rings (SSSR count). The van der Waals surface area contributed by atoms with Crippen LogP contribution in [0.25, 0.3) is 11.5 Å². The van der Waals surface area contributed by atoms with E-state index in [1.54, 1.807) is 0 Å². The molecule has 24 heavy (non-hydrogen) atoms. The van der Waals surface area contributed by atoms with Crippen molar-refractivity contribution >= 4 is 0 Å². The van der Waals surface area contributed by atoms with Gasteiger partial charge in [-0.1, -0.05) is 6.92 Å². The molecule has 0 spiro atoms. The zero-order valence-corrected chi connectivity index (χ0v) is 14.8. The number of aryl methyl sites for hydroxylation is 1. The van der Waals surface area contributed by atoms with Crippen LogP contribution in [-0.2, 0) is 6.54 Å². The molecule has 0 unspecified atom stereocenters. The van der Waals surface area contributed by atoms with Crippen molar-refractivity contribution in [1.82, 2.24) is 25.3 Å². The van der Waals surface area contributed by atoms with E-state index in [-0.39, 0.29) is 0 Å². The monoisotopic (exact) mass is 331 g/mol. The number of hydrogen-bond acceptors (Lipinski definition) is 5. The average molecular weight is 331 g/mol. The quantitative estimate of drug-likeness (QED) is 0.726. The van der Waals surface area contributed by atoms with Gasteiger partial charge in [-0.05, 0) is 45.1 Å². The summed E-state index contributed by atoms with van der Waals surface area (Å²) in [6, 6.07) is 3.97. The summed E-state index contributed by atoms with van der Waals surface area (Å²) < 4.78 is 5.68. The number of H-pyrrole nitrogens is 1.